The third kappa shape index (κ3) is 2.72. The molecule has 0 aromatic heterocycles. The van der Waals surface area contributed by atoms with Gasteiger partial charge in [0.1, 0.15) is 0 Å². The van der Waals surface area contributed by atoms with Crippen LogP contribution >= 0.6 is 0 Å². The monoisotopic (exact) mass is 149 g/mol. The molecule has 1 rings (SSSR count). The number of rotatable bonds is 1. The predicted molar refractivity (Wildman–Crippen MR) is 49.2 cm³/mol. The molecule has 2 N–H and O–H groups in total. The molecule has 0 bridgehead atoms. The summed E-state index contributed by atoms with van der Waals surface area (Å²) in [5, 5.41) is 0. The number of hydrogen-bond acceptors (Lipinski definition) is 1. The molecule has 0 fully saturated rings. The Hall–Kier alpha value is -0.820. The van der Waals surface area contributed by atoms with Gasteiger partial charge in [-0.3, -0.25) is 0 Å². The van der Waals surface area contributed by atoms with Crippen LogP contribution in [0.25, 0.3) is 0 Å². The second-order valence-corrected chi connectivity index (χ2v) is 2.95. The van der Waals surface area contributed by atoms with E-state index in [0.29, 0.717) is 12.5 Å². The van der Waals surface area contributed by atoms with E-state index in [0.717, 1.165) is 6.42 Å². The second-order valence-electron chi connectivity index (χ2n) is 2.95. The van der Waals surface area contributed by atoms with Crippen LogP contribution in [0, 0.1) is 5.92 Å². The first-order valence-electron chi connectivity index (χ1n) is 4.07. The summed E-state index contributed by atoms with van der Waals surface area (Å²) < 4.78 is 0. The summed E-state index contributed by atoms with van der Waals surface area (Å²) in [6.45, 7) is 2.84. The van der Waals surface area contributed by atoms with Gasteiger partial charge in [-0.1, -0.05) is 37.3 Å². The highest BCUT2D eigenvalue weighted by Crippen LogP contribution is 2.09. The molecular weight excluding hydrogens is 134 g/mol. The first-order valence-corrected chi connectivity index (χ1v) is 4.07. The van der Waals surface area contributed by atoms with Crippen molar-refractivity contribution in [1.82, 2.24) is 0 Å². The van der Waals surface area contributed by atoms with Crippen LogP contribution < -0.4 is 5.73 Å². The van der Waals surface area contributed by atoms with Gasteiger partial charge in [-0.25, -0.2) is 0 Å². The summed E-state index contributed by atoms with van der Waals surface area (Å²) >= 11 is 0. The first-order chi connectivity index (χ1) is 5.33. The minimum absolute atomic E-state index is 0.634. The summed E-state index contributed by atoms with van der Waals surface area (Å²) in [5.41, 5.74) is 6.71. The number of allylic oxidation sites excluding steroid dienone is 4. The second kappa shape index (κ2) is 4.14. The van der Waals surface area contributed by atoms with Crippen LogP contribution in [0.4, 0.5) is 0 Å². The molecular formula is C10H15N. The smallest absolute Gasteiger partial charge is 0.0177 e. The Bertz CT molecular complexity index is 199. The third-order valence-electron chi connectivity index (χ3n) is 1.83. The van der Waals surface area contributed by atoms with Gasteiger partial charge in [0.2, 0.25) is 0 Å². The molecule has 1 atom stereocenters. The molecule has 0 amide bonds. The van der Waals surface area contributed by atoms with Crippen molar-refractivity contribution in [3.05, 3.63) is 36.0 Å². The first kappa shape index (κ1) is 8.28. The van der Waals surface area contributed by atoms with Crippen LogP contribution in [-0.4, -0.2) is 6.54 Å². The van der Waals surface area contributed by atoms with Crippen LogP contribution in [0.2, 0.25) is 0 Å². The Morgan fingerprint density at radius 3 is 3.18 bits per heavy atom. The topological polar surface area (TPSA) is 26.0 Å². The normalized spacial score (nSPS) is 24.2. The molecule has 0 aromatic rings. The van der Waals surface area contributed by atoms with Gasteiger partial charge in [0.15, 0.2) is 0 Å². The van der Waals surface area contributed by atoms with Crippen LogP contribution in [0.5, 0.6) is 0 Å². The minimum atomic E-state index is 0.634. The summed E-state index contributed by atoms with van der Waals surface area (Å²) in [5.74, 6) is 0.654. The molecule has 1 heteroatoms. The highest BCUT2D eigenvalue weighted by molar-refractivity contribution is 5.26. The van der Waals surface area contributed by atoms with Crippen LogP contribution in [0.3, 0.4) is 0 Å². The van der Waals surface area contributed by atoms with Crippen molar-refractivity contribution >= 4 is 0 Å². The zero-order valence-corrected chi connectivity index (χ0v) is 6.96. The van der Waals surface area contributed by atoms with Crippen molar-refractivity contribution in [2.45, 2.75) is 13.3 Å². The van der Waals surface area contributed by atoms with E-state index in [1.807, 2.05) is 0 Å². The molecule has 1 nitrogen and oxygen atoms in total. The highest BCUT2D eigenvalue weighted by atomic mass is 14.5. The Labute approximate surface area is 68.3 Å². The summed E-state index contributed by atoms with van der Waals surface area (Å²) in [7, 11) is 0. The average molecular weight is 149 g/mol. The van der Waals surface area contributed by atoms with E-state index in [9.17, 15) is 0 Å². The number of hydrogen-bond donors (Lipinski definition) is 1. The fraction of sp³-hybridized carbons (Fsp3) is 0.400. The number of nitrogens with two attached hydrogens (primary N) is 1. The molecule has 0 saturated heterocycles. The van der Waals surface area contributed by atoms with E-state index in [4.69, 9.17) is 5.73 Å². The van der Waals surface area contributed by atoms with E-state index in [1.165, 1.54) is 5.57 Å². The Morgan fingerprint density at radius 1 is 1.64 bits per heavy atom. The lowest BCUT2D eigenvalue weighted by atomic mass is 10.0. The van der Waals surface area contributed by atoms with Crippen LogP contribution in [0.1, 0.15) is 13.3 Å². The zero-order chi connectivity index (χ0) is 8.10. The van der Waals surface area contributed by atoms with Gasteiger partial charge in [-0.05, 0) is 17.9 Å². The lowest BCUT2D eigenvalue weighted by molar-refractivity contribution is 0.742. The molecule has 11 heavy (non-hydrogen) atoms. The van der Waals surface area contributed by atoms with Crippen molar-refractivity contribution in [3.8, 4) is 0 Å². The van der Waals surface area contributed by atoms with E-state index < -0.39 is 0 Å². The maximum absolute atomic E-state index is 5.50. The molecule has 1 unspecified atom stereocenters. The van der Waals surface area contributed by atoms with Crippen molar-refractivity contribution in [2.75, 3.05) is 6.54 Å². The molecule has 0 spiro atoms. The zero-order valence-electron chi connectivity index (χ0n) is 6.96. The minimum Gasteiger partial charge on any atom is -0.326 e. The van der Waals surface area contributed by atoms with Gasteiger partial charge in [0, 0.05) is 6.54 Å². The van der Waals surface area contributed by atoms with Crippen molar-refractivity contribution in [1.29, 1.82) is 0 Å². The van der Waals surface area contributed by atoms with Gasteiger partial charge in [-0.15, -0.1) is 0 Å². The molecule has 0 radical (unpaired) electrons. The van der Waals surface area contributed by atoms with Gasteiger partial charge < -0.3 is 5.73 Å². The van der Waals surface area contributed by atoms with Crippen molar-refractivity contribution < 1.29 is 0 Å². The van der Waals surface area contributed by atoms with Gasteiger partial charge in [0.05, 0.1) is 0 Å². The Kier molecular flexibility index (Phi) is 3.12. The highest BCUT2D eigenvalue weighted by Gasteiger charge is 1.95. The largest absolute Gasteiger partial charge is 0.326 e. The SMILES string of the molecule is CC1C=CC=C(CN)C=CC1. The quantitative estimate of drug-likeness (QED) is 0.606. The fourth-order valence-corrected chi connectivity index (χ4v) is 1.07. The molecule has 1 aliphatic carbocycles. The van der Waals surface area contributed by atoms with Crippen LogP contribution in [0.15, 0.2) is 36.0 Å². The fourth-order valence-electron chi connectivity index (χ4n) is 1.07. The van der Waals surface area contributed by atoms with E-state index >= 15 is 0 Å². The summed E-state index contributed by atoms with van der Waals surface area (Å²) in [4.78, 5) is 0. The maximum Gasteiger partial charge on any atom is 0.0177 e. The van der Waals surface area contributed by atoms with Crippen LogP contribution in [-0.2, 0) is 0 Å². The molecule has 0 aliphatic heterocycles. The van der Waals surface area contributed by atoms with Gasteiger partial charge >= 0.3 is 0 Å². The lowest BCUT2D eigenvalue weighted by Gasteiger charge is -2.04. The molecule has 60 valence electrons. The molecule has 1 aliphatic rings. The van der Waals surface area contributed by atoms with E-state index in [1.54, 1.807) is 0 Å². The molecule has 0 saturated carbocycles. The van der Waals surface area contributed by atoms with Gasteiger partial charge in [-0.2, -0.15) is 0 Å². The molecule has 0 heterocycles. The van der Waals surface area contributed by atoms with Crippen molar-refractivity contribution in [2.24, 2.45) is 11.7 Å². The van der Waals surface area contributed by atoms with E-state index in [-0.39, 0.29) is 0 Å². The standard InChI is InChI=1S/C10H15N/c1-9-4-2-6-10(8-11)7-3-5-9/h2-4,6-7,9H,5,8,11H2,1H3. The maximum atomic E-state index is 5.50. The average Bonchev–Trinajstić information content (AvgIpc) is 1.96. The Balaban J connectivity index is 2.69. The predicted octanol–water partition coefficient (Wildman–Crippen LogP) is 2.02. The van der Waals surface area contributed by atoms with Gasteiger partial charge in [0.25, 0.3) is 0 Å². The Morgan fingerprint density at radius 2 is 2.45 bits per heavy atom. The van der Waals surface area contributed by atoms with E-state index in [2.05, 4.69) is 37.3 Å². The molecule has 0 aromatic carbocycles. The summed E-state index contributed by atoms with van der Waals surface area (Å²) in [6.07, 6.45) is 11.8. The lowest BCUT2D eigenvalue weighted by Crippen LogP contribution is -2.01. The summed E-state index contributed by atoms with van der Waals surface area (Å²) in [6, 6.07) is 0. The van der Waals surface area contributed by atoms with Crippen molar-refractivity contribution in [3.63, 3.8) is 0 Å². The third-order valence-corrected chi connectivity index (χ3v) is 1.83.